The number of nitrogens with two attached hydrogens (primary N) is 1. The number of carbonyl (C=O) groups excluding carboxylic acids is 1. The minimum Gasteiger partial charge on any atom is -0.438 e. The van der Waals surface area contributed by atoms with E-state index in [-0.39, 0.29) is 0 Å². The zero-order valence-electron chi connectivity index (χ0n) is 16.3. The number of carbonyl (C=O) groups is 1. The maximum atomic E-state index is 11.2. The predicted octanol–water partition coefficient (Wildman–Crippen LogP) is 4.40. The Morgan fingerprint density at radius 1 is 1.07 bits per heavy atom. The lowest BCUT2D eigenvalue weighted by Crippen LogP contribution is -2.33. The Bertz CT molecular complexity index is 1050. The number of benzene rings is 2. The first-order chi connectivity index (χ1) is 14.2. The first kappa shape index (κ1) is 18.1. The molecule has 3 N–H and O–H groups in total. The Balaban J connectivity index is 1.37. The van der Waals surface area contributed by atoms with E-state index >= 15 is 0 Å². The second-order valence-electron chi connectivity index (χ2n) is 8.28. The summed E-state index contributed by atoms with van der Waals surface area (Å²) < 4.78 is 6.02. The number of nitrogens with zero attached hydrogens (tertiary/aromatic N) is 1. The predicted molar refractivity (Wildman–Crippen MR) is 113 cm³/mol. The fourth-order valence-electron chi connectivity index (χ4n) is 5.01. The average molecular weight is 387 g/mol. The van der Waals surface area contributed by atoms with Gasteiger partial charge in [-0.1, -0.05) is 36.8 Å². The van der Waals surface area contributed by atoms with Crippen LogP contribution in [0.4, 0.5) is 0 Å². The molecule has 148 valence electrons. The molecule has 0 spiro atoms. The molecule has 2 aliphatic rings. The summed E-state index contributed by atoms with van der Waals surface area (Å²) in [5, 5.41) is 6.06. The van der Waals surface area contributed by atoms with Crippen LogP contribution in [0.2, 0.25) is 0 Å². The Hall–Kier alpha value is -2.92. The minimum absolute atomic E-state index is 0.365. The summed E-state index contributed by atoms with van der Waals surface area (Å²) in [6.45, 7) is 0.875. The number of hydrogen-bond donors (Lipinski definition) is 2. The first-order valence-corrected chi connectivity index (χ1v) is 10.3. The van der Waals surface area contributed by atoms with Gasteiger partial charge in [0, 0.05) is 30.2 Å². The van der Waals surface area contributed by atoms with Gasteiger partial charge in [-0.2, -0.15) is 0 Å². The number of fused-ring (bicyclic) bond motifs is 3. The number of primary amides is 1. The Kier molecular flexibility index (Phi) is 4.68. The smallest absolute Gasteiger partial charge is 0.250 e. The van der Waals surface area contributed by atoms with Crippen molar-refractivity contribution in [2.24, 2.45) is 17.6 Å². The molecule has 1 heterocycles. The standard InChI is InChI=1S/C24H25N3O2/c25-24(28)18-8-10-23(27-14-18)29-22-9-7-17(19-3-1-2-4-20(19)22)13-26-21-12-15-5-6-16(21)11-15/h1-4,7-10,14-16,21,26H,5-6,11-13H2,(H2,25,28)/t15-,16-,21+/m1/s1. The topological polar surface area (TPSA) is 77.2 Å². The molecule has 3 atom stereocenters. The normalized spacial score (nSPS) is 22.8. The molecule has 3 aromatic rings. The van der Waals surface area contributed by atoms with Crippen LogP contribution in [0.15, 0.2) is 54.7 Å². The summed E-state index contributed by atoms with van der Waals surface area (Å²) >= 11 is 0. The maximum Gasteiger partial charge on any atom is 0.250 e. The molecule has 0 radical (unpaired) electrons. The highest BCUT2D eigenvalue weighted by molar-refractivity contribution is 5.92. The molecule has 5 nitrogen and oxygen atoms in total. The number of pyridine rings is 1. The second-order valence-corrected chi connectivity index (χ2v) is 8.28. The molecule has 29 heavy (non-hydrogen) atoms. The van der Waals surface area contributed by atoms with Crippen molar-refractivity contribution in [3.05, 3.63) is 65.9 Å². The molecule has 5 heteroatoms. The highest BCUT2D eigenvalue weighted by Gasteiger charge is 2.39. The van der Waals surface area contributed by atoms with Crippen LogP contribution >= 0.6 is 0 Å². The molecule has 2 bridgehead atoms. The van der Waals surface area contributed by atoms with E-state index in [0.717, 1.165) is 29.5 Å². The molecule has 5 rings (SSSR count). The SMILES string of the molecule is NC(=O)c1ccc(Oc2ccc(CN[C@H]3C[C@@H]4CC[C@@H]3C4)c3ccccc23)nc1. The van der Waals surface area contributed by atoms with Gasteiger partial charge >= 0.3 is 0 Å². The lowest BCUT2D eigenvalue weighted by atomic mass is 9.95. The Morgan fingerprint density at radius 2 is 1.93 bits per heavy atom. The van der Waals surface area contributed by atoms with Crippen molar-refractivity contribution in [1.29, 1.82) is 0 Å². The van der Waals surface area contributed by atoms with Gasteiger partial charge in [-0.15, -0.1) is 0 Å². The summed E-state index contributed by atoms with van der Waals surface area (Å²) in [5.74, 6) is 2.50. The van der Waals surface area contributed by atoms with Gasteiger partial charge in [-0.25, -0.2) is 4.98 Å². The highest BCUT2D eigenvalue weighted by Crippen LogP contribution is 2.44. The summed E-state index contributed by atoms with van der Waals surface area (Å²) in [7, 11) is 0. The van der Waals surface area contributed by atoms with Crippen molar-refractivity contribution in [2.75, 3.05) is 0 Å². The highest BCUT2D eigenvalue weighted by atomic mass is 16.5. The third-order valence-electron chi connectivity index (χ3n) is 6.50. The quantitative estimate of drug-likeness (QED) is 0.657. The molecule has 0 saturated heterocycles. The van der Waals surface area contributed by atoms with E-state index in [0.29, 0.717) is 17.5 Å². The van der Waals surface area contributed by atoms with Crippen LogP contribution in [0.25, 0.3) is 10.8 Å². The fraction of sp³-hybridized carbons (Fsp3) is 0.333. The third-order valence-corrected chi connectivity index (χ3v) is 6.50. The number of rotatable bonds is 6. The van der Waals surface area contributed by atoms with Crippen molar-refractivity contribution in [3.63, 3.8) is 0 Å². The van der Waals surface area contributed by atoms with Crippen LogP contribution in [-0.2, 0) is 6.54 Å². The second kappa shape index (κ2) is 7.48. The summed E-state index contributed by atoms with van der Waals surface area (Å²) in [4.78, 5) is 15.4. The first-order valence-electron chi connectivity index (χ1n) is 10.3. The molecule has 2 aliphatic carbocycles. The summed E-state index contributed by atoms with van der Waals surface area (Å²) in [6.07, 6.45) is 6.99. The van der Waals surface area contributed by atoms with Crippen molar-refractivity contribution in [2.45, 2.75) is 38.3 Å². The van der Waals surface area contributed by atoms with Gasteiger partial charge in [0.1, 0.15) is 5.75 Å². The van der Waals surface area contributed by atoms with Gasteiger partial charge in [0.2, 0.25) is 11.8 Å². The van der Waals surface area contributed by atoms with Gasteiger partial charge < -0.3 is 15.8 Å². The average Bonchev–Trinajstić information content (AvgIpc) is 3.37. The number of amides is 1. The maximum absolute atomic E-state index is 11.2. The Morgan fingerprint density at radius 3 is 2.62 bits per heavy atom. The molecule has 2 aromatic carbocycles. The summed E-state index contributed by atoms with van der Waals surface area (Å²) in [5.41, 5.74) is 6.93. The van der Waals surface area contributed by atoms with Crippen molar-refractivity contribution in [1.82, 2.24) is 10.3 Å². The van der Waals surface area contributed by atoms with E-state index < -0.39 is 5.91 Å². The van der Waals surface area contributed by atoms with Crippen LogP contribution in [-0.4, -0.2) is 16.9 Å². The zero-order valence-corrected chi connectivity index (χ0v) is 16.3. The Labute approximate surface area is 170 Å². The molecule has 2 fully saturated rings. The largest absolute Gasteiger partial charge is 0.438 e. The van der Waals surface area contributed by atoms with Crippen molar-refractivity contribution < 1.29 is 9.53 Å². The summed E-state index contributed by atoms with van der Waals surface area (Å²) in [6, 6.07) is 16.4. The van der Waals surface area contributed by atoms with E-state index in [9.17, 15) is 4.79 Å². The fourth-order valence-corrected chi connectivity index (χ4v) is 5.01. The van der Waals surface area contributed by atoms with Crippen LogP contribution in [0.3, 0.4) is 0 Å². The van der Waals surface area contributed by atoms with Gasteiger partial charge in [0.25, 0.3) is 0 Å². The van der Waals surface area contributed by atoms with E-state index in [1.54, 1.807) is 12.1 Å². The van der Waals surface area contributed by atoms with Gasteiger partial charge in [0.15, 0.2) is 0 Å². The van der Waals surface area contributed by atoms with Crippen molar-refractivity contribution >= 4 is 16.7 Å². The molecule has 1 amide bonds. The number of nitrogens with one attached hydrogen (secondary N) is 1. The van der Waals surface area contributed by atoms with E-state index in [1.165, 1.54) is 42.8 Å². The minimum atomic E-state index is -0.498. The molecule has 0 aliphatic heterocycles. The van der Waals surface area contributed by atoms with Gasteiger partial charge in [0.05, 0.1) is 5.56 Å². The third kappa shape index (κ3) is 3.58. The van der Waals surface area contributed by atoms with Crippen LogP contribution in [0.5, 0.6) is 11.6 Å². The lowest BCUT2D eigenvalue weighted by Gasteiger charge is -2.23. The lowest BCUT2D eigenvalue weighted by molar-refractivity contribution is 0.1000. The van der Waals surface area contributed by atoms with E-state index in [4.69, 9.17) is 10.5 Å². The van der Waals surface area contributed by atoms with Gasteiger partial charge in [-0.3, -0.25) is 4.79 Å². The molecular weight excluding hydrogens is 362 g/mol. The van der Waals surface area contributed by atoms with Crippen LogP contribution in [0, 0.1) is 11.8 Å². The van der Waals surface area contributed by atoms with Crippen LogP contribution < -0.4 is 15.8 Å². The molecule has 0 unspecified atom stereocenters. The molecule has 2 saturated carbocycles. The monoisotopic (exact) mass is 387 g/mol. The van der Waals surface area contributed by atoms with Crippen molar-refractivity contribution in [3.8, 4) is 11.6 Å². The van der Waals surface area contributed by atoms with E-state index in [1.807, 2.05) is 12.1 Å². The van der Waals surface area contributed by atoms with Gasteiger partial charge in [-0.05, 0) is 54.2 Å². The van der Waals surface area contributed by atoms with E-state index in [2.05, 4.69) is 34.6 Å². The zero-order chi connectivity index (χ0) is 19.8. The van der Waals surface area contributed by atoms with Crippen LogP contribution in [0.1, 0.15) is 41.6 Å². The molecular formula is C24H25N3O2. The number of aromatic nitrogens is 1. The number of hydrogen-bond acceptors (Lipinski definition) is 4. The molecule has 1 aromatic heterocycles. The number of ether oxygens (including phenoxy) is 1.